The Bertz CT molecular complexity index is 1620. The number of halogens is 3. The van der Waals surface area contributed by atoms with Crippen molar-refractivity contribution < 1.29 is 31.1 Å². The van der Waals surface area contributed by atoms with Gasteiger partial charge in [0.15, 0.2) is 0 Å². The van der Waals surface area contributed by atoms with Gasteiger partial charge >= 0.3 is 12.3 Å². The van der Waals surface area contributed by atoms with Crippen molar-refractivity contribution in [3.8, 4) is 0 Å². The third-order valence-corrected chi connectivity index (χ3v) is 8.47. The summed E-state index contributed by atoms with van der Waals surface area (Å²) in [5.41, 5.74) is 10.9. The highest BCUT2D eigenvalue weighted by Crippen LogP contribution is 2.35. The molecule has 5 N–H and O–H groups in total. The van der Waals surface area contributed by atoms with Crippen LogP contribution in [0.15, 0.2) is 53.7 Å². The topological polar surface area (TPSA) is 157 Å². The van der Waals surface area contributed by atoms with Crippen LogP contribution in [0.2, 0.25) is 0 Å². The van der Waals surface area contributed by atoms with E-state index >= 15 is 0 Å². The van der Waals surface area contributed by atoms with Crippen LogP contribution in [-0.2, 0) is 20.9 Å². The van der Waals surface area contributed by atoms with Crippen molar-refractivity contribution >= 4 is 51.3 Å². The first-order valence-corrected chi connectivity index (χ1v) is 15.1. The van der Waals surface area contributed by atoms with Gasteiger partial charge in [0.25, 0.3) is 0 Å². The molecule has 0 aliphatic carbocycles. The summed E-state index contributed by atoms with van der Waals surface area (Å²) < 4.78 is 72.7. The lowest BCUT2D eigenvalue weighted by molar-refractivity contribution is -0.137. The maximum Gasteiger partial charge on any atom is 0.416 e. The number of benzene rings is 2. The summed E-state index contributed by atoms with van der Waals surface area (Å²) in [5.74, 6) is 0.218. The van der Waals surface area contributed by atoms with E-state index in [1.165, 1.54) is 45.9 Å². The molecule has 2 heterocycles. The number of sulfonamides is 1. The first-order valence-electron chi connectivity index (χ1n) is 13.6. The number of nitrogens with zero attached hydrogens (tertiary/aromatic N) is 4. The van der Waals surface area contributed by atoms with E-state index in [2.05, 4.69) is 15.3 Å². The molecule has 0 bridgehead atoms. The Hall–Kier alpha value is -4.37. The Balaban J connectivity index is 1.38. The number of alkyl halides is 3. The Morgan fingerprint density at radius 3 is 2.25 bits per heavy atom. The number of hydrogen-bond donors (Lipinski definition) is 3. The second-order valence-electron chi connectivity index (χ2n) is 11.1. The number of amides is 1. The molecule has 236 valence electrons. The zero-order valence-corrected chi connectivity index (χ0v) is 25.2. The molecule has 1 aromatic heterocycles. The number of carbonyl (C=O) groups is 1. The van der Waals surface area contributed by atoms with Gasteiger partial charge in [0.1, 0.15) is 5.60 Å². The number of carbonyl (C=O) groups excluding carboxylic acids is 1. The minimum Gasteiger partial charge on any atom is -0.444 e. The third-order valence-electron chi connectivity index (χ3n) is 6.55. The summed E-state index contributed by atoms with van der Waals surface area (Å²) in [7, 11) is -3.80. The fraction of sp³-hybridized carbons (Fsp3) is 0.345. The van der Waals surface area contributed by atoms with Gasteiger partial charge in [0, 0.05) is 55.4 Å². The maximum absolute atomic E-state index is 13.3. The second kappa shape index (κ2) is 12.7. The average Bonchev–Trinajstić information content (AvgIpc) is 3.21. The van der Waals surface area contributed by atoms with E-state index in [0.29, 0.717) is 24.2 Å². The Labute approximate surface area is 253 Å². The van der Waals surface area contributed by atoms with E-state index in [1.54, 1.807) is 32.9 Å². The molecule has 44 heavy (non-hydrogen) atoms. The number of rotatable bonds is 6. The Kier molecular flexibility index (Phi) is 9.39. The van der Waals surface area contributed by atoms with Gasteiger partial charge in [-0.25, -0.2) is 23.2 Å². The van der Waals surface area contributed by atoms with Gasteiger partial charge in [-0.1, -0.05) is 12.2 Å². The van der Waals surface area contributed by atoms with E-state index in [-0.39, 0.29) is 47.4 Å². The predicted octanol–water partition coefficient (Wildman–Crippen LogP) is 5.21. The second-order valence-corrected chi connectivity index (χ2v) is 13.1. The van der Waals surface area contributed by atoms with Crippen molar-refractivity contribution in [2.24, 2.45) is 0 Å². The van der Waals surface area contributed by atoms with E-state index in [1.807, 2.05) is 0 Å². The summed E-state index contributed by atoms with van der Waals surface area (Å²) in [6.45, 7) is 6.36. The molecule has 3 aromatic rings. The molecule has 2 aromatic carbocycles. The largest absolute Gasteiger partial charge is 0.444 e. The molecule has 0 radical (unpaired) electrons. The standard InChI is InChI=1S/C29H34F3N7O4S/c1-28(2,3)43-27(40)38-11-4-12-39(14-13-38)44(41,42)23-9-7-22(8-10-23)37-26-35-17-19(18-36-26)5-6-20-15-21(29(30,31)32)16-24(33)25(20)34/h5-10,15-18H,4,11-14,33-34H2,1-3H3,(H,35,36,37)/b6-5+. The van der Waals surface area contributed by atoms with Gasteiger partial charge in [0.05, 0.1) is 21.8 Å². The maximum atomic E-state index is 13.3. The van der Waals surface area contributed by atoms with Crippen LogP contribution < -0.4 is 16.8 Å². The van der Waals surface area contributed by atoms with E-state index in [4.69, 9.17) is 16.2 Å². The third kappa shape index (κ3) is 8.17. The van der Waals surface area contributed by atoms with E-state index in [9.17, 15) is 26.4 Å². The van der Waals surface area contributed by atoms with Crippen LogP contribution in [0.4, 0.5) is 41.0 Å². The molecular formula is C29H34F3N7O4S. The van der Waals surface area contributed by atoms with Crippen molar-refractivity contribution in [2.45, 2.75) is 43.9 Å². The van der Waals surface area contributed by atoms with Crippen molar-refractivity contribution in [1.29, 1.82) is 0 Å². The smallest absolute Gasteiger partial charge is 0.416 e. The highest BCUT2D eigenvalue weighted by Gasteiger charge is 2.32. The van der Waals surface area contributed by atoms with Crippen molar-refractivity contribution in [3.05, 3.63) is 65.5 Å². The summed E-state index contributed by atoms with van der Waals surface area (Å²) in [4.78, 5) is 22.5. The van der Waals surface area contributed by atoms with Gasteiger partial charge in [-0.2, -0.15) is 17.5 Å². The lowest BCUT2D eigenvalue weighted by atomic mass is 10.1. The summed E-state index contributed by atoms with van der Waals surface area (Å²) in [6.07, 6.45) is 1.25. The van der Waals surface area contributed by atoms with Crippen LogP contribution >= 0.6 is 0 Å². The molecule has 1 fully saturated rings. The monoisotopic (exact) mass is 633 g/mol. The minimum absolute atomic E-state index is 0.0255. The van der Waals surface area contributed by atoms with Crippen LogP contribution in [0, 0.1) is 0 Å². The molecule has 1 saturated heterocycles. The minimum atomic E-state index is -4.57. The number of ether oxygens (including phenoxy) is 1. The van der Waals surface area contributed by atoms with Gasteiger partial charge in [0.2, 0.25) is 16.0 Å². The van der Waals surface area contributed by atoms with Gasteiger partial charge in [-0.05, 0) is 63.6 Å². The average molecular weight is 634 g/mol. The van der Waals surface area contributed by atoms with Crippen LogP contribution in [0.5, 0.6) is 0 Å². The molecule has 1 amide bonds. The van der Waals surface area contributed by atoms with Crippen LogP contribution in [0.25, 0.3) is 12.2 Å². The van der Waals surface area contributed by atoms with E-state index in [0.717, 1.165) is 12.1 Å². The quantitative estimate of drug-likeness (QED) is 0.310. The first-order chi connectivity index (χ1) is 20.5. The summed E-state index contributed by atoms with van der Waals surface area (Å²) in [5, 5.41) is 2.98. The lowest BCUT2D eigenvalue weighted by Gasteiger charge is -2.26. The molecule has 0 saturated carbocycles. The van der Waals surface area contributed by atoms with Crippen LogP contribution in [0.1, 0.15) is 43.9 Å². The predicted molar refractivity (Wildman–Crippen MR) is 162 cm³/mol. The van der Waals surface area contributed by atoms with Gasteiger partial charge < -0.3 is 26.4 Å². The highest BCUT2D eigenvalue weighted by molar-refractivity contribution is 7.89. The molecule has 0 unspecified atom stereocenters. The van der Waals surface area contributed by atoms with Crippen LogP contribution in [-0.4, -0.2) is 65.5 Å². The molecule has 0 atom stereocenters. The molecular weight excluding hydrogens is 599 g/mol. The lowest BCUT2D eigenvalue weighted by Crippen LogP contribution is -2.40. The number of nitrogen functional groups attached to an aromatic ring is 2. The zero-order chi connectivity index (χ0) is 32.3. The van der Waals surface area contributed by atoms with Crippen molar-refractivity contribution in [2.75, 3.05) is 43.0 Å². The zero-order valence-electron chi connectivity index (χ0n) is 24.4. The SMILES string of the molecule is CC(C)(C)OC(=O)N1CCCN(S(=O)(=O)c2ccc(Nc3ncc(/C=C/c4cc(C(F)(F)F)cc(N)c4N)cn3)cc2)CC1. The summed E-state index contributed by atoms with van der Waals surface area (Å²) >= 11 is 0. The van der Waals surface area contributed by atoms with E-state index < -0.39 is 33.5 Å². The molecule has 0 spiro atoms. The molecule has 1 aliphatic rings. The van der Waals surface area contributed by atoms with Gasteiger partial charge in [-0.15, -0.1) is 0 Å². The number of aromatic nitrogens is 2. The first kappa shape index (κ1) is 32.5. The van der Waals surface area contributed by atoms with Crippen molar-refractivity contribution in [1.82, 2.24) is 19.2 Å². The van der Waals surface area contributed by atoms with Gasteiger partial charge in [-0.3, -0.25) is 0 Å². The number of nitrogens with two attached hydrogens (primary N) is 2. The highest BCUT2D eigenvalue weighted by atomic mass is 32.2. The molecule has 15 heteroatoms. The van der Waals surface area contributed by atoms with Crippen LogP contribution in [0.3, 0.4) is 0 Å². The van der Waals surface area contributed by atoms with Crippen molar-refractivity contribution in [3.63, 3.8) is 0 Å². The fourth-order valence-corrected chi connectivity index (χ4v) is 5.78. The number of anilines is 4. The molecule has 1 aliphatic heterocycles. The summed E-state index contributed by atoms with van der Waals surface area (Å²) in [6, 6.07) is 7.79. The molecule has 11 nitrogen and oxygen atoms in total. The number of nitrogens with one attached hydrogen (secondary N) is 1. The Morgan fingerprint density at radius 2 is 1.64 bits per heavy atom. The normalized spacial score (nSPS) is 15.3. The number of hydrogen-bond acceptors (Lipinski definition) is 9. The fourth-order valence-electron chi connectivity index (χ4n) is 4.31. The Morgan fingerprint density at radius 1 is 0.977 bits per heavy atom. The molecule has 4 rings (SSSR count).